The van der Waals surface area contributed by atoms with Crippen LogP contribution in [0.2, 0.25) is 0 Å². The van der Waals surface area contributed by atoms with Crippen molar-refractivity contribution in [2.24, 2.45) is 5.92 Å². The molecule has 27 heavy (non-hydrogen) atoms. The molecule has 1 aliphatic heterocycles. The predicted molar refractivity (Wildman–Crippen MR) is 103 cm³/mol. The van der Waals surface area contributed by atoms with Gasteiger partial charge in [0.15, 0.2) is 0 Å². The first kappa shape index (κ1) is 19.8. The summed E-state index contributed by atoms with van der Waals surface area (Å²) in [5, 5.41) is 9.06. The van der Waals surface area contributed by atoms with E-state index in [2.05, 4.69) is 15.6 Å². The fourth-order valence-electron chi connectivity index (χ4n) is 3.39. The van der Waals surface area contributed by atoms with Gasteiger partial charge in [-0.1, -0.05) is 0 Å². The van der Waals surface area contributed by atoms with Crippen molar-refractivity contribution in [3.05, 3.63) is 16.1 Å². The third kappa shape index (κ3) is 6.02. The number of aromatic nitrogens is 1. The van der Waals surface area contributed by atoms with E-state index in [1.807, 2.05) is 12.3 Å². The lowest BCUT2D eigenvalue weighted by atomic mass is 10.0. The summed E-state index contributed by atoms with van der Waals surface area (Å²) in [7, 11) is 0. The Morgan fingerprint density at radius 2 is 1.89 bits per heavy atom. The van der Waals surface area contributed by atoms with E-state index >= 15 is 0 Å². The molecule has 0 bridgehead atoms. The first-order valence-corrected chi connectivity index (χ1v) is 10.5. The second-order valence-corrected chi connectivity index (χ2v) is 8.67. The number of thiazole rings is 1. The summed E-state index contributed by atoms with van der Waals surface area (Å²) in [6.07, 6.45) is 4.47. The second kappa shape index (κ2) is 8.82. The molecule has 0 unspecified atom stereocenters. The minimum Gasteiger partial charge on any atom is -0.353 e. The number of hydrogen-bond acceptors (Lipinski definition) is 5. The summed E-state index contributed by atoms with van der Waals surface area (Å²) < 4.78 is 0. The lowest BCUT2D eigenvalue weighted by molar-refractivity contribution is -0.132. The molecule has 2 aliphatic rings. The van der Waals surface area contributed by atoms with Crippen molar-refractivity contribution in [1.82, 2.24) is 20.5 Å². The van der Waals surface area contributed by atoms with E-state index in [1.54, 1.807) is 16.2 Å². The van der Waals surface area contributed by atoms with Gasteiger partial charge in [0.2, 0.25) is 17.7 Å². The highest BCUT2D eigenvalue weighted by atomic mass is 32.1. The van der Waals surface area contributed by atoms with Gasteiger partial charge in [0.1, 0.15) is 0 Å². The quantitative estimate of drug-likeness (QED) is 0.766. The van der Waals surface area contributed by atoms with Gasteiger partial charge < -0.3 is 15.5 Å². The third-order valence-corrected chi connectivity index (χ3v) is 5.95. The molecule has 2 fully saturated rings. The van der Waals surface area contributed by atoms with Crippen LogP contribution in [0.1, 0.15) is 49.7 Å². The number of aryl methyl sites for hydroxylation is 2. The standard InChI is InChI=1S/C19H28N4O3S/c1-12-20-17(11-27-12)7-8-18(25)21-16-4-3-14(9-23(10-16)13(2)24)19(26)22-15-5-6-15/h11,14-16H,3-10H2,1-2H3,(H,21,25)(H,22,26)/t14-,16+/m1/s1. The van der Waals surface area contributed by atoms with Gasteiger partial charge in [0, 0.05) is 43.9 Å². The fraction of sp³-hybridized carbons (Fsp3) is 0.684. The Bertz CT molecular complexity index is 701. The molecule has 1 aromatic heterocycles. The Labute approximate surface area is 163 Å². The number of carbonyl (C=O) groups excluding carboxylic acids is 3. The Morgan fingerprint density at radius 3 is 2.52 bits per heavy atom. The fourth-order valence-corrected chi connectivity index (χ4v) is 4.04. The van der Waals surface area contributed by atoms with Crippen LogP contribution in [0.5, 0.6) is 0 Å². The zero-order valence-electron chi connectivity index (χ0n) is 16.0. The largest absolute Gasteiger partial charge is 0.353 e. The van der Waals surface area contributed by atoms with E-state index in [0.717, 1.165) is 23.5 Å². The maximum atomic E-state index is 12.4. The van der Waals surface area contributed by atoms with Crippen LogP contribution in [-0.4, -0.2) is 52.8 Å². The molecule has 3 amide bonds. The number of likely N-dealkylation sites (tertiary alicyclic amines) is 1. The van der Waals surface area contributed by atoms with Gasteiger partial charge in [-0.05, 0) is 39.0 Å². The maximum Gasteiger partial charge on any atom is 0.225 e. The smallest absolute Gasteiger partial charge is 0.225 e. The van der Waals surface area contributed by atoms with Crippen LogP contribution < -0.4 is 10.6 Å². The van der Waals surface area contributed by atoms with Gasteiger partial charge in [0.25, 0.3) is 0 Å². The Morgan fingerprint density at radius 1 is 1.15 bits per heavy atom. The van der Waals surface area contributed by atoms with Crippen molar-refractivity contribution in [2.75, 3.05) is 13.1 Å². The van der Waals surface area contributed by atoms with E-state index in [0.29, 0.717) is 44.8 Å². The van der Waals surface area contributed by atoms with Gasteiger partial charge in [-0.25, -0.2) is 4.98 Å². The zero-order chi connectivity index (χ0) is 19.4. The second-order valence-electron chi connectivity index (χ2n) is 7.60. The summed E-state index contributed by atoms with van der Waals surface area (Å²) in [6.45, 7) is 4.36. The minimum absolute atomic E-state index is 0.0324. The van der Waals surface area contributed by atoms with E-state index in [1.165, 1.54) is 6.92 Å². The van der Waals surface area contributed by atoms with E-state index < -0.39 is 0 Å². The molecule has 148 valence electrons. The molecule has 2 N–H and O–H groups in total. The van der Waals surface area contributed by atoms with Gasteiger partial charge >= 0.3 is 0 Å². The molecule has 2 heterocycles. The number of hydrogen-bond donors (Lipinski definition) is 2. The van der Waals surface area contributed by atoms with Crippen LogP contribution in [0.25, 0.3) is 0 Å². The lowest BCUT2D eigenvalue weighted by Crippen LogP contribution is -2.45. The molecular formula is C19H28N4O3S. The number of rotatable bonds is 6. The zero-order valence-corrected chi connectivity index (χ0v) is 16.8. The van der Waals surface area contributed by atoms with Crippen molar-refractivity contribution >= 4 is 29.1 Å². The molecular weight excluding hydrogens is 364 g/mol. The highest BCUT2D eigenvalue weighted by molar-refractivity contribution is 7.09. The van der Waals surface area contributed by atoms with Crippen molar-refractivity contribution in [3.63, 3.8) is 0 Å². The number of carbonyl (C=O) groups is 3. The molecule has 0 aromatic carbocycles. The van der Waals surface area contributed by atoms with Crippen LogP contribution in [0.4, 0.5) is 0 Å². The average Bonchev–Trinajstić information content (AvgIpc) is 3.37. The molecule has 2 atom stereocenters. The minimum atomic E-state index is -0.200. The van der Waals surface area contributed by atoms with Crippen LogP contribution >= 0.6 is 11.3 Å². The molecule has 1 saturated heterocycles. The van der Waals surface area contributed by atoms with Crippen LogP contribution in [0.15, 0.2) is 5.38 Å². The topological polar surface area (TPSA) is 91.4 Å². The summed E-state index contributed by atoms with van der Waals surface area (Å²) in [5.74, 6) is -0.252. The highest BCUT2D eigenvalue weighted by Crippen LogP contribution is 2.22. The highest BCUT2D eigenvalue weighted by Gasteiger charge is 2.32. The van der Waals surface area contributed by atoms with Crippen molar-refractivity contribution in [3.8, 4) is 0 Å². The van der Waals surface area contributed by atoms with Crippen molar-refractivity contribution in [1.29, 1.82) is 0 Å². The van der Waals surface area contributed by atoms with E-state index in [4.69, 9.17) is 0 Å². The number of nitrogens with one attached hydrogen (secondary N) is 2. The molecule has 1 saturated carbocycles. The van der Waals surface area contributed by atoms with Gasteiger partial charge in [-0.3, -0.25) is 14.4 Å². The van der Waals surface area contributed by atoms with Gasteiger partial charge in [-0.15, -0.1) is 11.3 Å². The molecule has 0 spiro atoms. The van der Waals surface area contributed by atoms with Crippen LogP contribution in [0, 0.1) is 12.8 Å². The normalized spacial score (nSPS) is 22.8. The number of nitrogens with zero attached hydrogens (tertiary/aromatic N) is 2. The molecule has 1 aromatic rings. The Balaban J connectivity index is 1.52. The summed E-state index contributed by atoms with van der Waals surface area (Å²) in [4.78, 5) is 42.8. The summed E-state index contributed by atoms with van der Waals surface area (Å²) in [5.41, 5.74) is 0.940. The molecule has 3 rings (SSSR count). The van der Waals surface area contributed by atoms with Crippen LogP contribution in [-0.2, 0) is 20.8 Å². The van der Waals surface area contributed by atoms with Gasteiger partial charge in [-0.2, -0.15) is 0 Å². The van der Waals surface area contributed by atoms with Crippen molar-refractivity contribution < 1.29 is 14.4 Å². The Hall–Kier alpha value is -1.96. The first-order chi connectivity index (χ1) is 12.9. The lowest BCUT2D eigenvalue weighted by Gasteiger charge is -2.25. The Kier molecular flexibility index (Phi) is 6.46. The third-order valence-electron chi connectivity index (χ3n) is 5.12. The average molecular weight is 393 g/mol. The predicted octanol–water partition coefficient (Wildman–Crippen LogP) is 1.41. The van der Waals surface area contributed by atoms with Gasteiger partial charge in [0.05, 0.1) is 16.6 Å². The molecule has 0 radical (unpaired) electrons. The van der Waals surface area contributed by atoms with E-state index in [-0.39, 0.29) is 29.7 Å². The molecule has 7 nitrogen and oxygen atoms in total. The summed E-state index contributed by atoms with van der Waals surface area (Å²) in [6, 6.07) is 0.202. The van der Waals surface area contributed by atoms with E-state index in [9.17, 15) is 14.4 Å². The SMILES string of the molecule is CC(=O)N1C[C@@H](NC(=O)CCc2csc(C)n2)CC[C@@H](C(=O)NC2CC2)C1. The first-order valence-electron chi connectivity index (χ1n) is 9.67. The van der Waals surface area contributed by atoms with Crippen LogP contribution in [0.3, 0.4) is 0 Å². The summed E-state index contributed by atoms with van der Waals surface area (Å²) >= 11 is 1.58. The molecule has 1 aliphatic carbocycles. The maximum absolute atomic E-state index is 12.4. The number of amides is 3. The van der Waals surface area contributed by atoms with Crippen molar-refractivity contribution in [2.45, 2.75) is 64.5 Å². The monoisotopic (exact) mass is 392 g/mol. The molecule has 8 heteroatoms.